The minimum absolute atomic E-state index is 0.0139. The quantitative estimate of drug-likeness (QED) is 0.597. The average molecular weight is 485 g/mol. The number of halogens is 1. The van der Waals surface area contributed by atoms with Crippen LogP contribution in [0.5, 0.6) is 5.75 Å². The molecular weight excluding hydrogens is 451 g/mol. The van der Waals surface area contributed by atoms with Crippen LogP contribution in [0, 0.1) is 11.7 Å². The molecule has 1 aliphatic carbocycles. The van der Waals surface area contributed by atoms with Gasteiger partial charge in [-0.3, -0.25) is 9.80 Å². The number of benzene rings is 2. The van der Waals surface area contributed by atoms with Gasteiger partial charge in [0.25, 0.3) is 0 Å². The molecule has 0 spiro atoms. The molecule has 2 fully saturated rings. The highest BCUT2D eigenvalue weighted by Crippen LogP contribution is 2.44. The van der Waals surface area contributed by atoms with E-state index in [0.717, 1.165) is 42.6 Å². The van der Waals surface area contributed by atoms with Crippen LogP contribution in [0.3, 0.4) is 0 Å². The maximum atomic E-state index is 14.5. The van der Waals surface area contributed by atoms with Crippen molar-refractivity contribution in [3.8, 4) is 5.75 Å². The third kappa shape index (κ3) is 5.27. The lowest BCUT2D eigenvalue weighted by Crippen LogP contribution is -2.44. The summed E-state index contributed by atoms with van der Waals surface area (Å²) in [6.45, 7) is -0.106. The minimum atomic E-state index is -1.32. The first-order chi connectivity index (χ1) is 16.7. The van der Waals surface area contributed by atoms with Gasteiger partial charge >= 0.3 is 12.1 Å². The van der Waals surface area contributed by atoms with E-state index >= 15 is 0 Å². The maximum Gasteiger partial charge on any atom is 0.408 e. The molecule has 7 nitrogen and oxygen atoms in total. The Labute approximate surface area is 205 Å². The summed E-state index contributed by atoms with van der Waals surface area (Å²) in [6.07, 6.45) is 2.95. The second-order valence-corrected chi connectivity index (χ2v) is 9.97. The van der Waals surface area contributed by atoms with Gasteiger partial charge in [-0.2, -0.15) is 0 Å². The summed E-state index contributed by atoms with van der Waals surface area (Å²) < 4.78 is 20.3. The summed E-state index contributed by atoms with van der Waals surface area (Å²) in [6, 6.07) is 14.3. The highest BCUT2D eigenvalue weighted by Gasteiger charge is 2.41. The molecule has 0 unspecified atom stereocenters. The number of nitrogens with zero attached hydrogens (tertiary/aromatic N) is 2. The van der Waals surface area contributed by atoms with Crippen molar-refractivity contribution < 1.29 is 28.9 Å². The number of hydrogen-bond donors (Lipinski definition) is 2. The topological polar surface area (TPSA) is 90.3 Å². The van der Waals surface area contributed by atoms with Crippen molar-refractivity contribution in [3.05, 3.63) is 65.5 Å². The van der Waals surface area contributed by atoms with Crippen molar-refractivity contribution >= 4 is 12.1 Å². The van der Waals surface area contributed by atoms with Crippen LogP contribution < -0.4 is 4.74 Å². The maximum absolute atomic E-state index is 14.5. The number of carbonyl (C=O) groups is 2. The van der Waals surface area contributed by atoms with E-state index in [1.165, 1.54) is 11.6 Å². The van der Waals surface area contributed by atoms with Crippen molar-refractivity contribution in [1.29, 1.82) is 0 Å². The molecule has 2 N–H and O–H groups in total. The van der Waals surface area contributed by atoms with E-state index in [1.807, 2.05) is 6.07 Å². The Morgan fingerprint density at radius 2 is 1.80 bits per heavy atom. The van der Waals surface area contributed by atoms with E-state index in [0.29, 0.717) is 5.92 Å². The molecule has 2 aliphatic rings. The first kappa shape index (κ1) is 25.0. The van der Waals surface area contributed by atoms with Gasteiger partial charge in [0.1, 0.15) is 12.1 Å². The van der Waals surface area contributed by atoms with Crippen LogP contribution >= 0.6 is 0 Å². The van der Waals surface area contributed by atoms with Crippen LogP contribution in [0.2, 0.25) is 0 Å². The fourth-order valence-electron chi connectivity index (χ4n) is 5.71. The molecular formula is C27H33FN2O5. The van der Waals surface area contributed by atoms with E-state index in [1.54, 1.807) is 12.1 Å². The molecule has 188 valence electrons. The van der Waals surface area contributed by atoms with Crippen LogP contribution in [-0.4, -0.2) is 64.9 Å². The van der Waals surface area contributed by atoms with Gasteiger partial charge < -0.3 is 14.9 Å². The van der Waals surface area contributed by atoms with Crippen molar-refractivity contribution in [3.63, 3.8) is 0 Å². The van der Waals surface area contributed by atoms with E-state index in [2.05, 4.69) is 43.3 Å². The smallest absolute Gasteiger partial charge is 0.408 e. The first-order valence-electron chi connectivity index (χ1n) is 12.1. The van der Waals surface area contributed by atoms with E-state index < -0.39 is 30.0 Å². The Bertz CT molecular complexity index is 1030. The van der Waals surface area contributed by atoms with Gasteiger partial charge in [0.05, 0.1) is 6.54 Å². The van der Waals surface area contributed by atoms with Crippen LogP contribution in [0.25, 0.3) is 0 Å². The number of rotatable bonds is 7. The van der Waals surface area contributed by atoms with Gasteiger partial charge in [0.15, 0.2) is 11.6 Å². The Balaban J connectivity index is 1.41. The highest BCUT2D eigenvalue weighted by atomic mass is 19.1. The molecule has 1 saturated heterocycles. The average Bonchev–Trinajstić information content (AvgIpc) is 3.27. The molecule has 0 aromatic heterocycles. The van der Waals surface area contributed by atoms with E-state index in [4.69, 9.17) is 4.74 Å². The SMILES string of the molecule is CN(C)C1(c2ccccc2)CCC(Cc2ccc(F)c(O[C@H]3C[C@@H](C(=O)O)N(C(=O)O)C3)c2)CC1. The highest BCUT2D eigenvalue weighted by molar-refractivity contribution is 5.80. The van der Waals surface area contributed by atoms with Gasteiger partial charge in [0.2, 0.25) is 0 Å². The predicted molar refractivity (Wildman–Crippen MR) is 129 cm³/mol. The van der Waals surface area contributed by atoms with Gasteiger partial charge in [-0.05, 0) is 75.4 Å². The Morgan fingerprint density at radius 1 is 1.11 bits per heavy atom. The van der Waals surface area contributed by atoms with E-state index in [9.17, 15) is 24.2 Å². The molecule has 2 aromatic carbocycles. The lowest BCUT2D eigenvalue weighted by Gasteiger charge is -2.45. The number of amides is 1. The third-order valence-electron chi connectivity index (χ3n) is 7.71. The molecule has 2 aromatic rings. The number of aliphatic carboxylic acids is 1. The summed E-state index contributed by atoms with van der Waals surface area (Å²) in [5, 5.41) is 18.6. The Hall–Kier alpha value is -3.13. The molecule has 1 amide bonds. The summed E-state index contributed by atoms with van der Waals surface area (Å²) in [7, 11) is 4.28. The lowest BCUT2D eigenvalue weighted by atomic mass is 9.70. The summed E-state index contributed by atoms with van der Waals surface area (Å²) in [4.78, 5) is 25.9. The van der Waals surface area contributed by atoms with Gasteiger partial charge in [-0.1, -0.05) is 36.4 Å². The van der Waals surface area contributed by atoms with Crippen molar-refractivity contribution in [1.82, 2.24) is 9.80 Å². The van der Waals surface area contributed by atoms with Crippen molar-refractivity contribution in [2.75, 3.05) is 20.6 Å². The van der Waals surface area contributed by atoms with Crippen LogP contribution in [0.15, 0.2) is 48.5 Å². The number of carboxylic acids is 1. The fraction of sp³-hybridized carbons (Fsp3) is 0.481. The Kier molecular flexibility index (Phi) is 7.31. The van der Waals surface area contributed by atoms with E-state index in [-0.39, 0.29) is 24.3 Å². The van der Waals surface area contributed by atoms with Crippen LogP contribution in [0.1, 0.15) is 43.2 Å². The predicted octanol–water partition coefficient (Wildman–Crippen LogP) is 4.60. The second kappa shape index (κ2) is 10.2. The van der Waals surface area contributed by atoms with Crippen molar-refractivity contribution in [2.24, 2.45) is 5.92 Å². The molecule has 2 atom stereocenters. The second-order valence-electron chi connectivity index (χ2n) is 9.97. The third-order valence-corrected chi connectivity index (χ3v) is 7.71. The summed E-state index contributed by atoms with van der Waals surface area (Å²) in [5.74, 6) is -1.25. The molecule has 35 heavy (non-hydrogen) atoms. The number of carboxylic acid groups (broad SMARTS) is 2. The Morgan fingerprint density at radius 3 is 2.37 bits per heavy atom. The molecule has 4 rings (SSSR count). The molecule has 1 aliphatic heterocycles. The zero-order valence-corrected chi connectivity index (χ0v) is 20.2. The number of ether oxygens (including phenoxy) is 1. The van der Waals surface area contributed by atoms with Crippen molar-refractivity contribution in [2.45, 2.75) is 56.2 Å². The van der Waals surface area contributed by atoms with Gasteiger partial charge in [-0.15, -0.1) is 0 Å². The molecule has 0 radical (unpaired) electrons. The monoisotopic (exact) mass is 484 g/mol. The lowest BCUT2D eigenvalue weighted by molar-refractivity contribution is -0.141. The summed E-state index contributed by atoms with van der Waals surface area (Å²) in [5.41, 5.74) is 2.33. The minimum Gasteiger partial charge on any atom is -0.485 e. The number of likely N-dealkylation sites (tertiary alicyclic amines) is 1. The standard InChI is InChI=1S/C27H33FN2O5/c1-29(2)27(20-6-4-3-5-7-20)12-10-18(11-13-27)14-19-8-9-22(28)24(15-19)35-21-16-23(25(31)32)30(17-21)26(33)34/h3-9,15,18,21,23H,10-14,16-17H2,1-2H3,(H,31,32)(H,33,34)/t18?,21-,23-,27?/m0/s1. The van der Waals surface area contributed by atoms with Crippen LogP contribution in [0.4, 0.5) is 9.18 Å². The van der Waals surface area contributed by atoms with Gasteiger partial charge in [0, 0.05) is 12.0 Å². The molecule has 8 heteroatoms. The largest absolute Gasteiger partial charge is 0.485 e. The van der Waals surface area contributed by atoms with Crippen LogP contribution in [-0.2, 0) is 16.8 Å². The fourth-order valence-corrected chi connectivity index (χ4v) is 5.71. The molecule has 1 saturated carbocycles. The zero-order chi connectivity index (χ0) is 25.2. The first-order valence-corrected chi connectivity index (χ1v) is 12.1. The molecule has 1 heterocycles. The number of hydrogen-bond acceptors (Lipinski definition) is 4. The summed E-state index contributed by atoms with van der Waals surface area (Å²) >= 11 is 0. The zero-order valence-electron chi connectivity index (χ0n) is 20.2. The normalized spacial score (nSPS) is 26.6. The van der Waals surface area contributed by atoms with Gasteiger partial charge in [-0.25, -0.2) is 14.0 Å². The molecule has 0 bridgehead atoms.